The third kappa shape index (κ3) is 4.93. The van der Waals surface area contributed by atoms with Crippen LogP contribution in [0.3, 0.4) is 0 Å². The summed E-state index contributed by atoms with van der Waals surface area (Å²) in [6, 6.07) is 5.41. The van der Waals surface area contributed by atoms with Gasteiger partial charge in [-0.1, -0.05) is 11.6 Å². The molecule has 1 aromatic rings. The van der Waals surface area contributed by atoms with Crippen molar-refractivity contribution < 1.29 is 24.3 Å². The first-order valence-electron chi connectivity index (χ1n) is 7.65. The molecule has 1 aliphatic heterocycles. The third-order valence-electron chi connectivity index (χ3n) is 3.93. The molecule has 1 fully saturated rings. The van der Waals surface area contributed by atoms with Crippen LogP contribution in [0.1, 0.15) is 19.3 Å². The fourth-order valence-electron chi connectivity index (χ4n) is 2.59. The smallest absolute Gasteiger partial charge is 0.326 e. The Morgan fingerprint density at radius 2 is 1.96 bits per heavy atom. The van der Waals surface area contributed by atoms with Crippen molar-refractivity contribution in [1.29, 1.82) is 0 Å². The largest absolute Gasteiger partial charge is 0.480 e. The predicted octanol–water partition coefficient (Wildman–Crippen LogP) is 0.528. The lowest BCUT2D eigenvalue weighted by atomic mass is 10.1. The monoisotopic (exact) mass is 367 g/mol. The molecule has 0 saturated carbocycles. The van der Waals surface area contributed by atoms with Crippen LogP contribution in [0.5, 0.6) is 0 Å². The second-order valence-electron chi connectivity index (χ2n) is 5.79. The average molecular weight is 368 g/mol. The van der Waals surface area contributed by atoms with Crippen molar-refractivity contribution in [3.8, 4) is 0 Å². The van der Waals surface area contributed by atoms with Gasteiger partial charge in [-0.15, -0.1) is 0 Å². The van der Waals surface area contributed by atoms with Crippen LogP contribution in [0.2, 0.25) is 5.02 Å². The Kier molecular flexibility index (Phi) is 5.97. The lowest BCUT2D eigenvalue weighted by molar-refractivity contribution is -0.142. The van der Waals surface area contributed by atoms with E-state index in [1.165, 1.54) is 4.90 Å². The number of halogens is 1. The van der Waals surface area contributed by atoms with Crippen molar-refractivity contribution in [2.24, 2.45) is 11.7 Å². The summed E-state index contributed by atoms with van der Waals surface area (Å²) in [6.07, 6.45) is -0.271. The standard InChI is InChI=1S/C16H18ClN3O5/c17-10-1-3-11(4-2-10)20-8-9(7-14(20)22)15(23)19-12(16(24)25)5-6-13(18)21/h1-4,9,12H,5-8H2,(H2,18,21)(H,19,23)(H,24,25). The summed E-state index contributed by atoms with van der Waals surface area (Å²) in [5.41, 5.74) is 5.62. The Labute approximate surface area is 148 Å². The van der Waals surface area contributed by atoms with Gasteiger partial charge in [-0.3, -0.25) is 14.4 Å². The number of carbonyl (C=O) groups is 4. The molecule has 2 atom stereocenters. The number of aliphatic carboxylic acids is 1. The molecule has 0 aliphatic carbocycles. The number of carboxylic acids is 1. The molecule has 8 nitrogen and oxygen atoms in total. The van der Waals surface area contributed by atoms with E-state index in [1.54, 1.807) is 24.3 Å². The minimum Gasteiger partial charge on any atom is -0.480 e. The molecule has 0 bridgehead atoms. The predicted molar refractivity (Wildman–Crippen MR) is 89.9 cm³/mol. The minimum absolute atomic E-state index is 0.0172. The van der Waals surface area contributed by atoms with E-state index in [9.17, 15) is 19.2 Å². The highest BCUT2D eigenvalue weighted by Crippen LogP contribution is 2.26. The van der Waals surface area contributed by atoms with Crippen LogP contribution >= 0.6 is 11.6 Å². The fraction of sp³-hybridized carbons (Fsp3) is 0.375. The van der Waals surface area contributed by atoms with Crippen molar-refractivity contribution in [3.63, 3.8) is 0 Å². The molecular formula is C16H18ClN3O5. The molecule has 134 valence electrons. The molecule has 4 N–H and O–H groups in total. The molecule has 1 aromatic carbocycles. The molecule has 3 amide bonds. The van der Waals surface area contributed by atoms with Crippen LogP contribution < -0.4 is 16.0 Å². The summed E-state index contributed by atoms with van der Waals surface area (Å²) in [5, 5.41) is 12.0. The molecule has 25 heavy (non-hydrogen) atoms. The number of nitrogens with one attached hydrogen (secondary N) is 1. The molecule has 1 heterocycles. The van der Waals surface area contributed by atoms with Gasteiger partial charge in [-0.2, -0.15) is 0 Å². The van der Waals surface area contributed by atoms with Crippen LogP contribution in [0.25, 0.3) is 0 Å². The number of carboxylic acid groups (broad SMARTS) is 1. The molecule has 2 rings (SSSR count). The lowest BCUT2D eigenvalue weighted by Crippen LogP contribution is -2.44. The van der Waals surface area contributed by atoms with Crippen molar-refractivity contribution in [1.82, 2.24) is 5.32 Å². The number of nitrogens with two attached hydrogens (primary N) is 1. The van der Waals surface area contributed by atoms with Crippen molar-refractivity contribution >= 4 is 41.0 Å². The number of anilines is 1. The molecule has 9 heteroatoms. The third-order valence-corrected chi connectivity index (χ3v) is 4.18. The molecule has 1 saturated heterocycles. The van der Waals surface area contributed by atoms with E-state index in [1.807, 2.05) is 0 Å². The maximum absolute atomic E-state index is 12.3. The summed E-state index contributed by atoms with van der Waals surface area (Å²) in [7, 11) is 0. The van der Waals surface area contributed by atoms with Crippen molar-refractivity contribution in [2.75, 3.05) is 11.4 Å². The second-order valence-corrected chi connectivity index (χ2v) is 6.22. The summed E-state index contributed by atoms with van der Waals surface area (Å²) in [5.74, 6) is -3.34. The normalized spacial score (nSPS) is 18.0. The van der Waals surface area contributed by atoms with Gasteiger partial charge in [0.15, 0.2) is 0 Å². The van der Waals surface area contributed by atoms with Gasteiger partial charge in [0.25, 0.3) is 0 Å². The number of benzene rings is 1. The van der Waals surface area contributed by atoms with Gasteiger partial charge < -0.3 is 21.1 Å². The zero-order valence-corrected chi connectivity index (χ0v) is 14.0. The van der Waals surface area contributed by atoms with Crippen molar-refractivity contribution in [2.45, 2.75) is 25.3 Å². The molecule has 0 radical (unpaired) electrons. The molecule has 1 aliphatic rings. The maximum Gasteiger partial charge on any atom is 0.326 e. The number of primary amides is 1. The summed E-state index contributed by atoms with van der Waals surface area (Å²) >= 11 is 5.82. The van der Waals surface area contributed by atoms with Gasteiger partial charge >= 0.3 is 5.97 Å². The summed E-state index contributed by atoms with van der Waals surface area (Å²) in [4.78, 5) is 47.9. The first-order chi connectivity index (χ1) is 11.8. The fourth-order valence-corrected chi connectivity index (χ4v) is 2.71. The molecule has 0 aromatic heterocycles. The Morgan fingerprint density at radius 1 is 1.32 bits per heavy atom. The zero-order chi connectivity index (χ0) is 18.6. The maximum atomic E-state index is 12.3. The summed E-state index contributed by atoms with van der Waals surface area (Å²) in [6.45, 7) is 0.147. The number of amides is 3. The SMILES string of the molecule is NC(=O)CCC(NC(=O)C1CC(=O)N(c2ccc(Cl)cc2)C1)C(=O)O. The Morgan fingerprint density at radius 3 is 2.52 bits per heavy atom. The van der Waals surface area contributed by atoms with Gasteiger partial charge in [0.2, 0.25) is 17.7 Å². The minimum atomic E-state index is -1.26. The van der Waals surface area contributed by atoms with E-state index in [0.717, 1.165) is 0 Å². The highest BCUT2D eigenvalue weighted by Gasteiger charge is 2.36. The second kappa shape index (κ2) is 7.98. The molecular weight excluding hydrogens is 350 g/mol. The topological polar surface area (TPSA) is 130 Å². The van der Waals surface area contributed by atoms with E-state index in [0.29, 0.717) is 10.7 Å². The van der Waals surface area contributed by atoms with Gasteiger partial charge in [0, 0.05) is 30.1 Å². The molecule has 0 spiro atoms. The van der Waals surface area contributed by atoms with Crippen LogP contribution in [-0.4, -0.2) is 41.4 Å². The summed E-state index contributed by atoms with van der Waals surface area (Å²) < 4.78 is 0. The van der Waals surface area contributed by atoms with Crippen LogP contribution in [0.4, 0.5) is 5.69 Å². The van der Waals surface area contributed by atoms with Gasteiger partial charge in [-0.05, 0) is 30.7 Å². The molecule has 2 unspecified atom stereocenters. The number of hydrogen-bond acceptors (Lipinski definition) is 4. The Hall–Kier alpha value is -2.61. The van der Waals surface area contributed by atoms with E-state index < -0.39 is 29.7 Å². The van der Waals surface area contributed by atoms with Gasteiger partial charge in [0.05, 0.1) is 5.92 Å². The van der Waals surface area contributed by atoms with Crippen LogP contribution in [0, 0.1) is 5.92 Å². The van der Waals surface area contributed by atoms with Crippen molar-refractivity contribution in [3.05, 3.63) is 29.3 Å². The zero-order valence-electron chi connectivity index (χ0n) is 13.3. The number of carbonyl (C=O) groups excluding carboxylic acids is 3. The Balaban J connectivity index is 2.00. The van der Waals surface area contributed by atoms with E-state index >= 15 is 0 Å². The van der Waals surface area contributed by atoms with Gasteiger partial charge in [0.1, 0.15) is 6.04 Å². The average Bonchev–Trinajstić information content (AvgIpc) is 2.93. The van der Waals surface area contributed by atoms with E-state index in [-0.39, 0.29) is 31.7 Å². The van der Waals surface area contributed by atoms with Crippen LogP contribution in [0.15, 0.2) is 24.3 Å². The number of hydrogen-bond donors (Lipinski definition) is 3. The Bertz CT molecular complexity index is 692. The van der Waals surface area contributed by atoms with Crippen LogP contribution in [-0.2, 0) is 19.2 Å². The first-order valence-corrected chi connectivity index (χ1v) is 8.03. The van der Waals surface area contributed by atoms with E-state index in [2.05, 4.69) is 5.32 Å². The first kappa shape index (κ1) is 18.7. The number of nitrogens with zero attached hydrogens (tertiary/aromatic N) is 1. The lowest BCUT2D eigenvalue weighted by Gasteiger charge is -2.18. The van der Waals surface area contributed by atoms with Gasteiger partial charge in [-0.25, -0.2) is 4.79 Å². The highest BCUT2D eigenvalue weighted by atomic mass is 35.5. The quantitative estimate of drug-likeness (QED) is 0.647. The highest BCUT2D eigenvalue weighted by molar-refractivity contribution is 6.30. The number of rotatable bonds is 7. The van der Waals surface area contributed by atoms with E-state index in [4.69, 9.17) is 22.4 Å².